The normalized spacial score (nSPS) is 10.4. The molecule has 0 aliphatic carbocycles. The van der Waals surface area contributed by atoms with Crippen LogP contribution in [0, 0.1) is 6.92 Å². The summed E-state index contributed by atoms with van der Waals surface area (Å²) in [7, 11) is 1.60. The van der Waals surface area contributed by atoms with E-state index < -0.39 is 0 Å². The second-order valence-corrected chi connectivity index (χ2v) is 3.10. The molecule has 72 valence electrons. The van der Waals surface area contributed by atoms with Crippen LogP contribution in [0.2, 0.25) is 0 Å². The van der Waals surface area contributed by atoms with Crippen LogP contribution in [0.15, 0.2) is 12.1 Å². The topological polar surface area (TPSA) is 55.0 Å². The number of carbonyl (C=O) groups is 1. The summed E-state index contributed by atoms with van der Waals surface area (Å²) in [6.45, 7) is 1.93. The van der Waals surface area contributed by atoms with Gasteiger partial charge in [-0.2, -0.15) is 5.10 Å². The van der Waals surface area contributed by atoms with Crippen LogP contribution in [0.3, 0.4) is 0 Å². The zero-order valence-electron chi connectivity index (χ0n) is 8.00. The number of aldehydes is 1. The molecule has 1 heterocycles. The number of aryl methyl sites for hydroxylation is 1. The van der Waals surface area contributed by atoms with Crippen molar-refractivity contribution in [1.29, 1.82) is 0 Å². The molecule has 0 aliphatic heterocycles. The maximum Gasteiger partial charge on any atom is 0.168 e. The van der Waals surface area contributed by atoms with Gasteiger partial charge in [-0.25, -0.2) is 0 Å². The number of rotatable bonds is 2. The zero-order chi connectivity index (χ0) is 10.1. The fraction of sp³-hybridized carbons (Fsp3) is 0.200. The molecular formula is C10H10N2O2. The molecule has 1 N–H and O–H groups in total. The second-order valence-electron chi connectivity index (χ2n) is 3.10. The third kappa shape index (κ3) is 1.16. The largest absolute Gasteiger partial charge is 0.497 e. The number of aromatic amines is 1. The van der Waals surface area contributed by atoms with Crippen LogP contribution in [0.4, 0.5) is 0 Å². The van der Waals surface area contributed by atoms with Gasteiger partial charge in [0.15, 0.2) is 6.29 Å². The highest BCUT2D eigenvalue weighted by atomic mass is 16.5. The Morgan fingerprint density at radius 3 is 2.93 bits per heavy atom. The Morgan fingerprint density at radius 1 is 1.50 bits per heavy atom. The maximum atomic E-state index is 10.7. The Hall–Kier alpha value is -1.84. The van der Waals surface area contributed by atoms with Crippen molar-refractivity contribution in [2.75, 3.05) is 7.11 Å². The highest BCUT2D eigenvalue weighted by Crippen LogP contribution is 2.24. The summed E-state index contributed by atoms with van der Waals surface area (Å²) in [5.41, 5.74) is 2.29. The highest BCUT2D eigenvalue weighted by molar-refractivity contribution is 5.96. The lowest BCUT2D eigenvalue weighted by Gasteiger charge is -2.01. The van der Waals surface area contributed by atoms with Gasteiger partial charge in [-0.3, -0.25) is 9.89 Å². The minimum Gasteiger partial charge on any atom is -0.497 e. The average Bonchev–Trinajstić information content (AvgIpc) is 2.61. The number of hydrogen-bond donors (Lipinski definition) is 1. The van der Waals surface area contributed by atoms with Gasteiger partial charge in [0, 0.05) is 5.39 Å². The first-order valence-corrected chi connectivity index (χ1v) is 4.24. The average molecular weight is 190 g/mol. The molecule has 0 fully saturated rings. The Morgan fingerprint density at radius 2 is 2.29 bits per heavy atom. The van der Waals surface area contributed by atoms with E-state index in [-0.39, 0.29) is 0 Å². The van der Waals surface area contributed by atoms with Gasteiger partial charge in [0.05, 0.1) is 12.6 Å². The molecule has 0 saturated carbocycles. The van der Waals surface area contributed by atoms with Crippen molar-refractivity contribution in [3.8, 4) is 5.75 Å². The van der Waals surface area contributed by atoms with Crippen LogP contribution >= 0.6 is 0 Å². The number of nitrogens with one attached hydrogen (secondary N) is 1. The van der Waals surface area contributed by atoms with Crippen LogP contribution in [0.5, 0.6) is 5.75 Å². The quantitative estimate of drug-likeness (QED) is 0.733. The van der Waals surface area contributed by atoms with Gasteiger partial charge in [0.25, 0.3) is 0 Å². The van der Waals surface area contributed by atoms with Gasteiger partial charge in [-0.1, -0.05) is 0 Å². The monoisotopic (exact) mass is 190 g/mol. The van der Waals surface area contributed by atoms with Crippen molar-refractivity contribution in [2.24, 2.45) is 0 Å². The lowest BCUT2D eigenvalue weighted by molar-refractivity contribution is 0.112. The number of aromatic nitrogens is 2. The molecule has 0 radical (unpaired) electrons. The van der Waals surface area contributed by atoms with Gasteiger partial charge in [-0.05, 0) is 24.6 Å². The molecule has 0 aliphatic rings. The fourth-order valence-electron chi connectivity index (χ4n) is 1.48. The minimum atomic E-state index is 0.488. The van der Waals surface area contributed by atoms with Crippen LogP contribution in [0.1, 0.15) is 16.1 Å². The number of ether oxygens (including phenoxy) is 1. The molecule has 2 aromatic rings. The number of hydrogen-bond acceptors (Lipinski definition) is 3. The van der Waals surface area contributed by atoms with Crippen molar-refractivity contribution < 1.29 is 9.53 Å². The molecule has 0 amide bonds. The first-order valence-electron chi connectivity index (χ1n) is 4.24. The van der Waals surface area contributed by atoms with E-state index in [9.17, 15) is 4.79 Å². The molecule has 2 rings (SSSR count). The van der Waals surface area contributed by atoms with E-state index in [0.29, 0.717) is 5.69 Å². The maximum absolute atomic E-state index is 10.7. The molecule has 14 heavy (non-hydrogen) atoms. The Labute approximate surface area is 80.9 Å². The summed E-state index contributed by atoms with van der Waals surface area (Å²) >= 11 is 0. The number of benzene rings is 1. The third-order valence-electron chi connectivity index (χ3n) is 2.21. The van der Waals surface area contributed by atoms with Crippen LogP contribution in [-0.2, 0) is 0 Å². The van der Waals surface area contributed by atoms with Crippen molar-refractivity contribution in [2.45, 2.75) is 6.92 Å². The van der Waals surface area contributed by atoms with E-state index in [4.69, 9.17) is 4.74 Å². The number of nitrogens with zero attached hydrogens (tertiary/aromatic N) is 1. The Bertz CT molecular complexity index is 488. The molecule has 0 unspecified atom stereocenters. The van der Waals surface area contributed by atoms with Gasteiger partial charge in [0.2, 0.25) is 0 Å². The fourth-order valence-corrected chi connectivity index (χ4v) is 1.48. The first kappa shape index (κ1) is 8.74. The Kier molecular flexibility index (Phi) is 1.96. The third-order valence-corrected chi connectivity index (χ3v) is 2.21. The smallest absolute Gasteiger partial charge is 0.168 e. The molecule has 1 aromatic carbocycles. The summed E-state index contributed by atoms with van der Waals surface area (Å²) in [6, 6.07) is 3.69. The van der Waals surface area contributed by atoms with Gasteiger partial charge in [0.1, 0.15) is 11.4 Å². The van der Waals surface area contributed by atoms with Crippen LogP contribution in [0.25, 0.3) is 10.9 Å². The standard InChI is InChI=1S/C10H10N2O2/c1-6-3-7(14-2)4-8-9(5-13)11-12-10(6)8/h3-5H,1-2H3,(H,11,12). The SMILES string of the molecule is COc1cc(C)c2n[nH]c(C=O)c2c1. The molecule has 4 nitrogen and oxygen atoms in total. The van der Waals surface area contributed by atoms with E-state index in [1.54, 1.807) is 13.2 Å². The van der Waals surface area contributed by atoms with E-state index >= 15 is 0 Å². The Balaban J connectivity index is 2.79. The van der Waals surface area contributed by atoms with Crippen LogP contribution in [-0.4, -0.2) is 23.6 Å². The molecule has 0 spiro atoms. The number of fused-ring (bicyclic) bond motifs is 1. The van der Waals surface area contributed by atoms with Gasteiger partial charge in [-0.15, -0.1) is 0 Å². The summed E-state index contributed by atoms with van der Waals surface area (Å²) in [4.78, 5) is 10.7. The lowest BCUT2D eigenvalue weighted by Crippen LogP contribution is -1.85. The van der Waals surface area contributed by atoms with Crippen molar-refractivity contribution >= 4 is 17.2 Å². The molecule has 0 bridgehead atoms. The number of carbonyl (C=O) groups excluding carboxylic acids is 1. The van der Waals surface area contributed by atoms with Crippen molar-refractivity contribution in [3.05, 3.63) is 23.4 Å². The van der Waals surface area contributed by atoms with E-state index in [1.807, 2.05) is 13.0 Å². The second kappa shape index (κ2) is 3.14. The predicted molar refractivity (Wildman–Crippen MR) is 52.8 cm³/mol. The first-order chi connectivity index (χ1) is 6.76. The van der Waals surface area contributed by atoms with Gasteiger partial charge >= 0.3 is 0 Å². The summed E-state index contributed by atoms with van der Waals surface area (Å²) in [5, 5.41) is 7.54. The van der Waals surface area contributed by atoms with E-state index in [0.717, 1.165) is 28.5 Å². The zero-order valence-corrected chi connectivity index (χ0v) is 8.00. The molecule has 0 atom stereocenters. The molecular weight excluding hydrogens is 180 g/mol. The summed E-state index contributed by atoms with van der Waals surface area (Å²) in [5.74, 6) is 0.736. The summed E-state index contributed by atoms with van der Waals surface area (Å²) in [6.07, 6.45) is 0.758. The van der Waals surface area contributed by atoms with Crippen molar-refractivity contribution in [1.82, 2.24) is 10.2 Å². The minimum absolute atomic E-state index is 0.488. The van der Waals surface area contributed by atoms with E-state index in [1.165, 1.54) is 0 Å². The predicted octanol–water partition coefficient (Wildman–Crippen LogP) is 1.69. The number of methoxy groups -OCH3 is 1. The molecule has 4 heteroatoms. The molecule has 0 saturated heterocycles. The highest BCUT2D eigenvalue weighted by Gasteiger charge is 2.08. The summed E-state index contributed by atoms with van der Waals surface area (Å²) < 4.78 is 5.11. The van der Waals surface area contributed by atoms with Gasteiger partial charge < -0.3 is 4.74 Å². The van der Waals surface area contributed by atoms with E-state index in [2.05, 4.69) is 10.2 Å². The number of H-pyrrole nitrogens is 1. The van der Waals surface area contributed by atoms with Crippen molar-refractivity contribution in [3.63, 3.8) is 0 Å². The lowest BCUT2D eigenvalue weighted by atomic mass is 10.1. The molecule has 1 aromatic heterocycles. The van der Waals surface area contributed by atoms with Crippen LogP contribution < -0.4 is 4.74 Å².